The molecule has 2 amide bonds. The number of hydrogen-bond donors (Lipinski definition) is 1. The van der Waals surface area contributed by atoms with Gasteiger partial charge in [0.25, 0.3) is 0 Å². The molecule has 0 radical (unpaired) electrons. The quantitative estimate of drug-likeness (QED) is 0.777. The van der Waals surface area contributed by atoms with Crippen LogP contribution in [0.3, 0.4) is 0 Å². The third kappa shape index (κ3) is 1.80. The van der Waals surface area contributed by atoms with Crippen LogP contribution in [0, 0.1) is 5.41 Å². The summed E-state index contributed by atoms with van der Waals surface area (Å²) in [6.07, 6.45) is 11.5. The molecule has 2 aliphatic carbocycles. The summed E-state index contributed by atoms with van der Waals surface area (Å²) >= 11 is 0. The summed E-state index contributed by atoms with van der Waals surface area (Å²) in [7, 11) is 0. The Balaban J connectivity index is 1.81. The topological polar surface area (TPSA) is 58.7 Å². The van der Waals surface area contributed by atoms with Gasteiger partial charge in [-0.1, -0.05) is 18.9 Å². The molecule has 2 spiro atoms. The fourth-order valence-corrected chi connectivity index (χ4v) is 4.32. The van der Waals surface area contributed by atoms with Crippen LogP contribution in [0.25, 0.3) is 0 Å². The highest BCUT2D eigenvalue weighted by atomic mass is 16.2. The number of carbonyl (C=O) groups excluding carboxylic acids is 1. The van der Waals surface area contributed by atoms with Gasteiger partial charge in [-0.2, -0.15) is 4.99 Å². The molecule has 1 aliphatic heterocycles. The summed E-state index contributed by atoms with van der Waals surface area (Å²) in [4.78, 5) is 17.8. The summed E-state index contributed by atoms with van der Waals surface area (Å²) in [6.45, 7) is 4.30. The van der Waals surface area contributed by atoms with Crippen LogP contribution in [-0.4, -0.2) is 28.9 Å². The van der Waals surface area contributed by atoms with E-state index in [9.17, 15) is 4.79 Å². The van der Waals surface area contributed by atoms with Gasteiger partial charge in [0.05, 0.1) is 0 Å². The number of rotatable bonds is 2. The lowest BCUT2D eigenvalue weighted by molar-refractivity contribution is 0.0897. The van der Waals surface area contributed by atoms with Crippen molar-refractivity contribution in [3.8, 4) is 0 Å². The van der Waals surface area contributed by atoms with Gasteiger partial charge in [0.15, 0.2) is 0 Å². The van der Waals surface area contributed by atoms with Gasteiger partial charge in [0, 0.05) is 6.54 Å². The molecule has 4 heteroatoms. The van der Waals surface area contributed by atoms with Gasteiger partial charge in [0.2, 0.25) is 0 Å². The number of urea groups is 1. The maximum atomic E-state index is 12.0. The lowest BCUT2D eigenvalue weighted by atomic mass is 9.65. The van der Waals surface area contributed by atoms with Crippen molar-refractivity contribution in [2.75, 3.05) is 6.54 Å². The molecule has 3 rings (SSSR count). The Morgan fingerprint density at radius 2 is 1.84 bits per heavy atom. The second-order valence-corrected chi connectivity index (χ2v) is 6.42. The van der Waals surface area contributed by atoms with E-state index in [-0.39, 0.29) is 11.6 Å². The molecule has 0 unspecified atom stereocenters. The van der Waals surface area contributed by atoms with Gasteiger partial charge in [-0.05, 0) is 43.9 Å². The van der Waals surface area contributed by atoms with Gasteiger partial charge in [-0.3, -0.25) is 0 Å². The summed E-state index contributed by atoms with van der Waals surface area (Å²) in [5.74, 6) is 0.534. The van der Waals surface area contributed by atoms with Gasteiger partial charge >= 0.3 is 6.03 Å². The molecule has 19 heavy (non-hydrogen) atoms. The van der Waals surface area contributed by atoms with Crippen LogP contribution >= 0.6 is 0 Å². The highest BCUT2D eigenvalue weighted by Crippen LogP contribution is 2.53. The SMILES string of the molecule is C=CCN1C(=O)N=C(N)C12CCC1(CCCC1)CC2. The van der Waals surface area contributed by atoms with Crippen LogP contribution in [0.4, 0.5) is 4.79 Å². The van der Waals surface area contributed by atoms with Crippen molar-refractivity contribution in [1.29, 1.82) is 0 Å². The van der Waals surface area contributed by atoms with Crippen LogP contribution in [-0.2, 0) is 0 Å². The first kappa shape index (κ1) is 12.7. The van der Waals surface area contributed by atoms with Crippen LogP contribution < -0.4 is 5.73 Å². The van der Waals surface area contributed by atoms with E-state index in [1.807, 2.05) is 4.90 Å². The molecule has 0 aromatic heterocycles. The van der Waals surface area contributed by atoms with E-state index in [1.54, 1.807) is 6.08 Å². The highest BCUT2D eigenvalue weighted by molar-refractivity contribution is 6.05. The second-order valence-electron chi connectivity index (χ2n) is 6.42. The van der Waals surface area contributed by atoms with Gasteiger partial charge in [-0.25, -0.2) is 4.79 Å². The summed E-state index contributed by atoms with van der Waals surface area (Å²) in [6, 6.07) is -0.181. The van der Waals surface area contributed by atoms with E-state index in [2.05, 4.69) is 11.6 Å². The van der Waals surface area contributed by atoms with Crippen molar-refractivity contribution in [3.63, 3.8) is 0 Å². The largest absolute Gasteiger partial charge is 0.385 e. The second kappa shape index (κ2) is 4.36. The Kier molecular flexibility index (Phi) is 2.91. The molecule has 0 atom stereocenters. The average molecular weight is 261 g/mol. The van der Waals surface area contributed by atoms with E-state index in [0.29, 0.717) is 17.8 Å². The van der Waals surface area contributed by atoms with Crippen LogP contribution in [0.15, 0.2) is 17.6 Å². The minimum absolute atomic E-state index is 0.181. The zero-order chi connectivity index (χ0) is 13.5. The summed E-state index contributed by atoms with van der Waals surface area (Å²) in [5.41, 5.74) is 6.33. The van der Waals surface area contributed by atoms with Crippen molar-refractivity contribution in [1.82, 2.24) is 4.90 Å². The Morgan fingerprint density at radius 3 is 2.42 bits per heavy atom. The number of nitrogens with zero attached hydrogens (tertiary/aromatic N) is 2. The lowest BCUT2D eigenvalue weighted by Gasteiger charge is -2.46. The number of carbonyl (C=O) groups is 1. The smallest absolute Gasteiger partial charge is 0.346 e. The Morgan fingerprint density at radius 1 is 1.21 bits per heavy atom. The molecule has 3 aliphatic rings. The molecule has 0 aromatic carbocycles. The Bertz CT molecular complexity index is 425. The first-order valence-corrected chi connectivity index (χ1v) is 7.39. The molecule has 104 valence electrons. The molecule has 0 saturated heterocycles. The van der Waals surface area contributed by atoms with Crippen molar-refractivity contribution in [3.05, 3.63) is 12.7 Å². The van der Waals surface area contributed by atoms with Crippen molar-refractivity contribution in [2.45, 2.75) is 56.9 Å². The molecular weight excluding hydrogens is 238 g/mol. The third-order valence-electron chi connectivity index (χ3n) is 5.55. The van der Waals surface area contributed by atoms with Crippen molar-refractivity contribution >= 4 is 11.9 Å². The van der Waals surface area contributed by atoms with Gasteiger partial charge in [0.1, 0.15) is 11.4 Å². The molecule has 0 aromatic rings. The van der Waals surface area contributed by atoms with Gasteiger partial charge < -0.3 is 10.6 Å². The third-order valence-corrected chi connectivity index (χ3v) is 5.55. The zero-order valence-corrected chi connectivity index (χ0v) is 11.5. The number of hydrogen-bond acceptors (Lipinski definition) is 2. The summed E-state index contributed by atoms with van der Waals surface area (Å²) < 4.78 is 0. The molecule has 2 N–H and O–H groups in total. The minimum atomic E-state index is -0.306. The van der Waals surface area contributed by atoms with Gasteiger partial charge in [-0.15, -0.1) is 6.58 Å². The predicted octanol–water partition coefficient (Wildman–Crippen LogP) is 2.84. The fourth-order valence-electron chi connectivity index (χ4n) is 4.32. The summed E-state index contributed by atoms with van der Waals surface area (Å²) in [5, 5.41) is 0. The standard InChI is InChI=1S/C15H23N3O/c1-2-11-18-13(19)17-12(16)15(18)9-7-14(8-10-15)5-3-4-6-14/h2H,1,3-11H2,(H2,16,17,19). The van der Waals surface area contributed by atoms with Crippen LogP contribution in [0.1, 0.15) is 51.4 Å². The number of amidine groups is 1. The first-order valence-electron chi connectivity index (χ1n) is 7.39. The van der Waals surface area contributed by atoms with Crippen molar-refractivity contribution < 1.29 is 4.79 Å². The monoisotopic (exact) mass is 261 g/mol. The van der Waals surface area contributed by atoms with E-state index < -0.39 is 0 Å². The minimum Gasteiger partial charge on any atom is -0.385 e. The number of amides is 2. The maximum Gasteiger partial charge on any atom is 0.346 e. The fraction of sp³-hybridized carbons (Fsp3) is 0.733. The van der Waals surface area contributed by atoms with E-state index in [0.717, 1.165) is 12.8 Å². The van der Waals surface area contributed by atoms with E-state index in [4.69, 9.17) is 5.73 Å². The average Bonchev–Trinajstić information content (AvgIpc) is 2.93. The van der Waals surface area contributed by atoms with E-state index in [1.165, 1.54) is 38.5 Å². The molecular formula is C15H23N3O. The van der Waals surface area contributed by atoms with E-state index >= 15 is 0 Å². The normalized spacial score (nSPS) is 28.1. The lowest BCUT2D eigenvalue weighted by Crippen LogP contribution is -2.57. The molecule has 2 fully saturated rings. The molecule has 0 bridgehead atoms. The van der Waals surface area contributed by atoms with Crippen LogP contribution in [0.5, 0.6) is 0 Å². The Hall–Kier alpha value is -1.32. The molecule has 4 nitrogen and oxygen atoms in total. The number of aliphatic imine (C=N–C) groups is 1. The zero-order valence-electron chi connectivity index (χ0n) is 11.5. The molecule has 2 saturated carbocycles. The predicted molar refractivity (Wildman–Crippen MR) is 76.0 cm³/mol. The molecule has 1 heterocycles. The Labute approximate surface area is 114 Å². The number of nitrogens with two attached hydrogens (primary N) is 1. The van der Waals surface area contributed by atoms with Crippen molar-refractivity contribution in [2.24, 2.45) is 16.1 Å². The maximum absolute atomic E-state index is 12.0. The van der Waals surface area contributed by atoms with Crippen LogP contribution in [0.2, 0.25) is 0 Å². The highest BCUT2D eigenvalue weighted by Gasteiger charge is 2.53. The first-order chi connectivity index (χ1) is 9.12.